The van der Waals surface area contributed by atoms with Crippen LogP contribution >= 0.6 is 23.2 Å². The summed E-state index contributed by atoms with van der Waals surface area (Å²) in [6, 6.07) is 8.59. The van der Waals surface area contributed by atoms with Gasteiger partial charge in [-0.15, -0.1) is 0 Å². The second-order valence-electron chi connectivity index (χ2n) is 5.60. The number of hydrogen-bond donors (Lipinski definition) is 1. The number of nitrogens with one attached hydrogen (secondary N) is 1. The zero-order valence-electron chi connectivity index (χ0n) is 14.9. The Bertz CT molecular complexity index is 780. The summed E-state index contributed by atoms with van der Waals surface area (Å²) in [5, 5.41) is 3.88. The summed E-state index contributed by atoms with van der Waals surface area (Å²) >= 11 is 11.9. The zero-order chi connectivity index (χ0) is 19.1. The van der Waals surface area contributed by atoms with Crippen LogP contribution in [0.2, 0.25) is 10.0 Å². The number of ether oxygens (including phenoxy) is 3. The molecule has 26 heavy (non-hydrogen) atoms. The molecule has 1 amide bonds. The molecule has 0 atom stereocenters. The van der Waals surface area contributed by atoms with Crippen molar-refractivity contribution < 1.29 is 19.0 Å². The summed E-state index contributed by atoms with van der Waals surface area (Å²) in [5.74, 6) is 1.63. The van der Waals surface area contributed by atoms with E-state index in [1.807, 2.05) is 13.0 Å². The number of amides is 1. The lowest BCUT2D eigenvalue weighted by Crippen LogP contribution is -2.14. The van der Waals surface area contributed by atoms with Gasteiger partial charge in [0, 0.05) is 23.2 Å². The highest BCUT2D eigenvalue weighted by Gasteiger charge is 2.11. The summed E-state index contributed by atoms with van der Waals surface area (Å²) in [7, 11) is 3.13. The number of methoxy groups -OCH3 is 2. The van der Waals surface area contributed by atoms with Gasteiger partial charge in [0.15, 0.2) is 11.5 Å². The summed E-state index contributed by atoms with van der Waals surface area (Å²) in [4.78, 5) is 12.2. The molecular formula is C19H21Cl2NO4. The van der Waals surface area contributed by atoms with Gasteiger partial charge in [-0.25, -0.2) is 0 Å². The Labute approximate surface area is 163 Å². The van der Waals surface area contributed by atoms with Crippen LogP contribution < -0.4 is 19.5 Å². The fourth-order valence-electron chi connectivity index (χ4n) is 2.34. The van der Waals surface area contributed by atoms with E-state index < -0.39 is 0 Å². The van der Waals surface area contributed by atoms with Gasteiger partial charge < -0.3 is 19.5 Å². The molecule has 0 aliphatic rings. The van der Waals surface area contributed by atoms with Crippen LogP contribution in [0.5, 0.6) is 17.2 Å². The molecule has 0 aliphatic carbocycles. The molecule has 0 heterocycles. The lowest BCUT2D eigenvalue weighted by atomic mass is 10.1. The number of carbonyl (C=O) groups is 1. The van der Waals surface area contributed by atoms with Gasteiger partial charge in [-0.05, 0) is 43.2 Å². The van der Waals surface area contributed by atoms with Crippen molar-refractivity contribution in [2.24, 2.45) is 0 Å². The second-order valence-corrected chi connectivity index (χ2v) is 6.44. The Kier molecular flexibility index (Phi) is 7.42. The highest BCUT2D eigenvalue weighted by Crippen LogP contribution is 2.33. The molecule has 0 aliphatic heterocycles. The zero-order valence-corrected chi connectivity index (χ0v) is 16.4. The second kappa shape index (κ2) is 9.55. The Morgan fingerprint density at radius 3 is 2.38 bits per heavy atom. The first-order valence-corrected chi connectivity index (χ1v) is 8.80. The molecule has 1 N–H and O–H groups in total. The first-order valence-electron chi connectivity index (χ1n) is 8.05. The third-order valence-electron chi connectivity index (χ3n) is 3.70. The van der Waals surface area contributed by atoms with Crippen molar-refractivity contribution in [3.05, 3.63) is 45.9 Å². The van der Waals surface area contributed by atoms with Crippen molar-refractivity contribution in [3.63, 3.8) is 0 Å². The number of hydrogen-bond acceptors (Lipinski definition) is 4. The Morgan fingerprint density at radius 1 is 1.04 bits per heavy atom. The molecule has 0 bridgehead atoms. The topological polar surface area (TPSA) is 56.8 Å². The van der Waals surface area contributed by atoms with Crippen LogP contribution in [0.25, 0.3) is 0 Å². The highest BCUT2D eigenvalue weighted by molar-refractivity contribution is 6.35. The Hall–Kier alpha value is -2.11. The molecule has 0 aromatic heterocycles. The fourth-order valence-corrected chi connectivity index (χ4v) is 2.80. The lowest BCUT2D eigenvalue weighted by molar-refractivity contribution is -0.116. The van der Waals surface area contributed by atoms with Gasteiger partial charge in [0.05, 0.1) is 25.8 Å². The predicted molar refractivity (Wildman–Crippen MR) is 104 cm³/mol. The van der Waals surface area contributed by atoms with Crippen LogP contribution in [0.1, 0.15) is 18.4 Å². The first kappa shape index (κ1) is 20.2. The third kappa shape index (κ3) is 5.44. The Balaban J connectivity index is 1.85. The van der Waals surface area contributed by atoms with E-state index in [0.29, 0.717) is 52.4 Å². The smallest absolute Gasteiger partial charge is 0.224 e. The maximum absolute atomic E-state index is 12.2. The molecule has 0 spiro atoms. The van der Waals surface area contributed by atoms with Crippen LogP contribution in [0, 0.1) is 6.92 Å². The average Bonchev–Trinajstić information content (AvgIpc) is 2.61. The largest absolute Gasteiger partial charge is 0.493 e. The molecule has 140 valence electrons. The van der Waals surface area contributed by atoms with Gasteiger partial charge in [0.2, 0.25) is 5.91 Å². The van der Waals surface area contributed by atoms with Crippen molar-refractivity contribution in [2.75, 3.05) is 26.1 Å². The van der Waals surface area contributed by atoms with Gasteiger partial charge in [-0.2, -0.15) is 0 Å². The lowest BCUT2D eigenvalue weighted by Gasteiger charge is -2.14. The molecule has 0 saturated carbocycles. The molecule has 5 nitrogen and oxygen atoms in total. The minimum absolute atomic E-state index is 0.105. The molecule has 0 unspecified atom stereocenters. The van der Waals surface area contributed by atoms with Gasteiger partial charge in [-0.3, -0.25) is 4.79 Å². The van der Waals surface area contributed by atoms with E-state index in [-0.39, 0.29) is 5.91 Å². The van der Waals surface area contributed by atoms with Crippen molar-refractivity contribution in [1.29, 1.82) is 0 Å². The predicted octanol–water partition coefficient (Wildman–Crippen LogP) is 5.12. The minimum Gasteiger partial charge on any atom is -0.493 e. The molecule has 2 aromatic carbocycles. The molecule has 2 rings (SSSR count). The summed E-state index contributed by atoms with van der Waals surface area (Å²) in [5.41, 5.74) is 1.58. The van der Waals surface area contributed by atoms with Crippen LogP contribution in [-0.4, -0.2) is 26.7 Å². The van der Waals surface area contributed by atoms with Gasteiger partial charge in [0.25, 0.3) is 0 Å². The maximum atomic E-state index is 12.2. The highest BCUT2D eigenvalue weighted by atomic mass is 35.5. The molecule has 0 radical (unpaired) electrons. The normalized spacial score (nSPS) is 10.3. The standard InChI is InChI=1S/C19H21Cl2NO4/c1-12-9-17(24-2)18(25-3)11-15(12)22-19(23)5-4-8-26-16-7-6-13(20)10-14(16)21/h6-7,9-11H,4-5,8H2,1-3H3,(H,22,23). The van der Waals surface area contributed by atoms with Gasteiger partial charge in [-0.1, -0.05) is 23.2 Å². The summed E-state index contributed by atoms with van der Waals surface area (Å²) in [6.45, 7) is 2.27. The van der Waals surface area contributed by atoms with Crippen LogP contribution in [0.3, 0.4) is 0 Å². The van der Waals surface area contributed by atoms with Gasteiger partial charge in [0.1, 0.15) is 5.75 Å². The van der Waals surface area contributed by atoms with E-state index >= 15 is 0 Å². The fraction of sp³-hybridized carbons (Fsp3) is 0.316. The molecule has 0 fully saturated rings. The first-order chi connectivity index (χ1) is 12.4. The monoisotopic (exact) mass is 397 g/mol. The quantitative estimate of drug-likeness (QED) is 0.628. The average molecular weight is 398 g/mol. The van der Waals surface area contributed by atoms with E-state index in [4.69, 9.17) is 37.4 Å². The number of halogens is 2. The van der Waals surface area contributed by atoms with E-state index in [9.17, 15) is 4.79 Å². The Morgan fingerprint density at radius 2 is 1.73 bits per heavy atom. The number of aryl methyl sites for hydroxylation is 1. The third-order valence-corrected chi connectivity index (χ3v) is 4.23. The molecule has 0 saturated heterocycles. The van der Waals surface area contributed by atoms with E-state index in [0.717, 1.165) is 5.56 Å². The molecule has 2 aromatic rings. The summed E-state index contributed by atoms with van der Waals surface area (Å²) in [6.07, 6.45) is 0.871. The maximum Gasteiger partial charge on any atom is 0.224 e. The van der Waals surface area contributed by atoms with Crippen LogP contribution in [0.4, 0.5) is 5.69 Å². The SMILES string of the molecule is COc1cc(C)c(NC(=O)CCCOc2ccc(Cl)cc2Cl)cc1OC. The van der Waals surface area contributed by atoms with Crippen molar-refractivity contribution in [1.82, 2.24) is 0 Å². The molecule has 7 heteroatoms. The number of benzene rings is 2. The number of carbonyl (C=O) groups excluding carboxylic acids is 1. The van der Waals surface area contributed by atoms with Crippen molar-refractivity contribution in [2.45, 2.75) is 19.8 Å². The molecular weight excluding hydrogens is 377 g/mol. The van der Waals surface area contributed by atoms with E-state index in [1.54, 1.807) is 38.5 Å². The van der Waals surface area contributed by atoms with Crippen molar-refractivity contribution >= 4 is 34.8 Å². The number of rotatable bonds is 8. The van der Waals surface area contributed by atoms with E-state index in [2.05, 4.69) is 5.32 Å². The number of anilines is 1. The summed E-state index contributed by atoms with van der Waals surface area (Å²) < 4.78 is 16.1. The van der Waals surface area contributed by atoms with Crippen LogP contribution in [-0.2, 0) is 4.79 Å². The minimum atomic E-state index is -0.105. The van der Waals surface area contributed by atoms with Crippen LogP contribution in [0.15, 0.2) is 30.3 Å². The van der Waals surface area contributed by atoms with Crippen molar-refractivity contribution in [3.8, 4) is 17.2 Å². The van der Waals surface area contributed by atoms with E-state index in [1.165, 1.54) is 0 Å². The van der Waals surface area contributed by atoms with Gasteiger partial charge >= 0.3 is 0 Å².